The topological polar surface area (TPSA) is 55.8 Å². The van der Waals surface area contributed by atoms with Gasteiger partial charge in [0.2, 0.25) is 0 Å². The van der Waals surface area contributed by atoms with Gasteiger partial charge in [0.1, 0.15) is 5.75 Å². The minimum atomic E-state index is -3.94. The summed E-state index contributed by atoms with van der Waals surface area (Å²) < 4.78 is 49.8. The van der Waals surface area contributed by atoms with Crippen molar-refractivity contribution in [2.24, 2.45) is 0 Å². The van der Waals surface area contributed by atoms with Gasteiger partial charge in [0.15, 0.2) is 11.6 Å². The predicted molar refractivity (Wildman–Crippen MR) is 86.5 cm³/mol. The van der Waals surface area contributed by atoms with E-state index in [4.69, 9.17) is 21.1 Å². The smallest absolute Gasteiger partial charge is 0.264 e. The van der Waals surface area contributed by atoms with Crippen LogP contribution in [0.3, 0.4) is 0 Å². The van der Waals surface area contributed by atoms with E-state index >= 15 is 0 Å². The number of halogens is 2. The molecule has 0 aliphatic carbocycles. The van der Waals surface area contributed by atoms with Crippen molar-refractivity contribution in [1.29, 1.82) is 0 Å². The number of ether oxygens (including phenoxy) is 2. The summed E-state index contributed by atoms with van der Waals surface area (Å²) in [5.74, 6) is -0.356. The zero-order valence-corrected chi connectivity index (χ0v) is 14.3. The van der Waals surface area contributed by atoms with Gasteiger partial charge < -0.3 is 9.47 Å². The summed E-state index contributed by atoms with van der Waals surface area (Å²) in [6.07, 6.45) is 0. The normalized spacial score (nSPS) is 11.2. The van der Waals surface area contributed by atoms with Gasteiger partial charge in [0.05, 0.1) is 29.8 Å². The van der Waals surface area contributed by atoms with Crippen LogP contribution in [0.2, 0.25) is 5.02 Å². The van der Waals surface area contributed by atoms with Crippen molar-refractivity contribution in [3.05, 3.63) is 47.2 Å². The lowest BCUT2D eigenvalue weighted by Crippen LogP contribution is -2.26. The Bertz CT molecular complexity index is 826. The average Bonchev–Trinajstić information content (AvgIpc) is 2.53. The first-order chi connectivity index (χ1) is 10.8. The molecular weight excluding hydrogens is 345 g/mol. The molecule has 0 unspecified atom stereocenters. The van der Waals surface area contributed by atoms with E-state index in [1.807, 2.05) is 0 Å². The minimum absolute atomic E-state index is 0.0286. The number of rotatable bonds is 5. The van der Waals surface area contributed by atoms with Crippen molar-refractivity contribution in [2.75, 3.05) is 25.6 Å². The third-order valence-corrected chi connectivity index (χ3v) is 5.36. The highest BCUT2D eigenvalue weighted by Gasteiger charge is 2.23. The number of benzene rings is 2. The summed E-state index contributed by atoms with van der Waals surface area (Å²) in [6, 6.07) is 8.00. The molecule has 0 amide bonds. The van der Waals surface area contributed by atoms with Crippen molar-refractivity contribution < 1.29 is 22.3 Å². The molecule has 23 heavy (non-hydrogen) atoms. The Hall–Kier alpha value is -1.99. The van der Waals surface area contributed by atoms with E-state index in [1.165, 1.54) is 39.5 Å². The number of nitrogens with zero attached hydrogens (tertiary/aromatic N) is 1. The van der Waals surface area contributed by atoms with Gasteiger partial charge in [-0.2, -0.15) is 0 Å². The van der Waals surface area contributed by atoms with E-state index in [9.17, 15) is 12.8 Å². The van der Waals surface area contributed by atoms with Gasteiger partial charge in [-0.05, 0) is 36.4 Å². The van der Waals surface area contributed by atoms with Crippen LogP contribution in [-0.2, 0) is 10.0 Å². The van der Waals surface area contributed by atoms with Gasteiger partial charge >= 0.3 is 0 Å². The van der Waals surface area contributed by atoms with E-state index in [-0.39, 0.29) is 15.7 Å². The van der Waals surface area contributed by atoms with E-state index in [2.05, 4.69) is 0 Å². The van der Waals surface area contributed by atoms with Crippen LogP contribution in [0.5, 0.6) is 11.5 Å². The fourth-order valence-electron chi connectivity index (χ4n) is 1.96. The monoisotopic (exact) mass is 359 g/mol. The fourth-order valence-corrected chi connectivity index (χ4v) is 3.41. The number of sulfonamides is 1. The van der Waals surface area contributed by atoms with Crippen molar-refractivity contribution >= 4 is 27.3 Å². The Labute approximate surface area is 139 Å². The van der Waals surface area contributed by atoms with Gasteiger partial charge in [-0.25, -0.2) is 12.8 Å². The number of hydrogen-bond acceptors (Lipinski definition) is 4. The molecule has 2 rings (SSSR count). The lowest BCUT2D eigenvalue weighted by atomic mass is 10.3. The van der Waals surface area contributed by atoms with Gasteiger partial charge in [0.25, 0.3) is 10.0 Å². The molecule has 124 valence electrons. The maximum Gasteiger partial charge on any atom is 0.264 e. The van der Waals surface area contributed by atoms with Crippen LogP contribution in [0.4, 0.5) is 10.1 Å². The molecule has 2 aromatic rings. The second kappa shape index (κ2) is 6.64. The van der Waals surface area contributed by atoms with E-state index in [0.29, 0.717) is 11.4 Å². The van der Waals surface area contributed by atoms with Crippen LogP contribution in [-0.4, -0.2) is 29.7 Å². The molecular formula is C15H15ClFNO4S. The van der Waals surface area contributed by atoms with Crippen molar-refractivity contribution in [2.45, 2.75) is 4.90 Å². The first kappa shape index (κ1) is 17.4. The van der Waals surface area contributed by atoms with Crippen LogP contribution in [0.15, 0.2) is 41.3 Å². The van der Waals surface area contributed by atoms with Gasteiger partial charge in [-0.15, -0.1) is 0 Å². The summed E-state index contributed by atoms with van der Waals surface area (Å²) in [5, 5.41) is 0.271. The zero-order valence-electron chi connectivity index (χ0n) is 12.7. The quantitative estimate of drug-likeness (QED) is 0.821. The van der Waals surface area contributed by atoms with Gasteiger partial charge in [-0.3, -0.25) is 4.31 Å². The lowest BCUT2D eigenvalue weighted by Gasteiger charge is -2.20. The van der Waals surface area contributed by atoms with Crippen LogP contribution >= 0.6 is 11.6 Å². The third-order valence-electron chi connectivity index (χ3n) is 3.28. The molecule has 5 nitrogen and oxygen atoms in total. The molecule has 0 fully saturated rings. The Morgan fingerprint density at radius 1 is 1.04 bits per heavy atom. The number of anilines is 1. The molecule has 0 N–H and O–H groups in total. The first-order valence-corrected chi connectivity index (χ1v) is 8.29. The summed E-state index contributed by atoms with van der Waals surface area (Å²) in [7, 11) is 0.183. The zero-order chi connectivity index (χ0) is 17.2. The molecule has 0 aliphatic rings. The van der Waals surface area contributed by atoms with Crippen molar-refractivity contribution in [1.82, 2.24) is 0 Å². The standard InChI is InChI=1S/C15H15ClFNO4S/c1-18(10-4-6-14(21-2)12(16)8-10)23(19,20)11-5-7-15(22-3)13(17)9-11/h4-9H,1-3H3. The molecule has 0 aromatic heterocycles. The van der Waals surface area contributed by atoms with Crippen LogP contribution < -0.4 is 13.8 Å². The third kappa shape index (κ3) is 3.35. The molecule has 2 aromatic carbocycles. The Kier molecular flexibility index (Phi) is 5.01. The number of hydrogen-bond donors (Lipinski definition) is 0. The second-order valence-corrected chi connectivity index (χ2v) is 6.96. The molecule has 0 saturated carbocycles. The number of methoxy groups -OCH3 is 2. The highest BCUT2D eigenvalue weighted by Crippen LogP contribution is 2.31. The summed E-state index contributed by atoms with van der Waals surface area (Å²) in [4.78, 5) is -0.190. The molecule has 8 heteroatoms. The van der Waals surface area contributed by atoms with Gasteiger partial charge in [-0.1, -0.05) is 11.6 Å². The average molecular weight is 360 g/mol. The maximum absolute atomic E-state index is 13.8. The molecule has 0 atom stereocenters. The van der Waals surface area contributed by atoms with E-state index in [1.54, 1.807) is 12.1 Å². The summed E-state index contributed by atoms with van der Waals surface area (Å²) in [5.41, 5.74) is 0.326. The molecule has 0 radical (unpaired) electrons. The van der Waals surface area contributed by atoms with Crippen molar-refractivity contribution in [3.63, 3.8) is 0 Å². The molecule has 0 bridgehead atoms. The minimum Gasteiger partial charge on any atom is -0.495 e. The fraction of sp³-hybridized carbons (Fsp3) is 0.200. The highest BCUT2D eigenvalue weighted by molar-refractivity contribution is 7.92. The molecule has 0 spiro atoms. The molecule has 0 heterocycles. The highest BCUT2D eigenvalue weighted by atomic mass is 35.5. The van der Waals surface area contributed by atoms with Crippen molar-refractivity contribution in [3.8, 4) is 11.5 Å². The summed E-state index contributed by atoms with van der Waals surface area (Å²) >= 11 is 6.01. The molecule has 0 aliphatic heterocycles. The van der Waals surface area contributed by atoms with E-state index in [0.717, 1.165) is 10.4 Å². The Morgan fingerprint density at radius 2 is 1.65 bits per heavy atom. The van der Waals surface area contributed by atoms with Crippen LogP contribution in [0.25, 0.3) is 0 Å². The largest absolute Gasteiger partial charge is 0.495 e. The SMILES string of the molecule is COc1ccc(S(=O)(=O)N(C)c2ccc(OC)c(Cl)c2)cc1F. The Morgan fingerprint density at radius 3 is 2.17 bits per heavy atom. The maximum atomic E-state index is 13.8. The summed E-state index contributed by atoms with van der Waals surface area (Å²) in [6.45, 7) is 0. The van der Waals surface area contributed by atoms with Gasteiger partial charge in [0, 0.05) is 7.05 Å². The Balaban J connectivity index is 2.42. The van der Waals surface area contributed by atoms with E-state index < -0.39 is 15.8 Å². The second-order valence-electron chi connectivity index (χ2n) is 4.59. The lowest BCUT2D eigenvalue weighted by molar-refractivity contribution is 0.385. The molecule has 0 saturated heterocycles. The van der Waals surface area contributed by atoms with Crippen LogP contribution in [0, 0.1) is 5.82 Å². The predicted octanol–water partition coefficient (Wildman–Crippen LogP) is 3.32. The van der Waals surface area contributed by atoms with Crippen LogP contribution in [0.1, 0.15) is 0 Å². The first-order valence-electron chi connectivity index (χ1n) is 6.47.